The number of hydrogen-bond donors (Lipinski definition) is 0. The molecule has 0 aliphatic carbocycles. The second-order valence-electron chi connectivity index (χ2n) is 2.80. The van der Waals surface area contributed by atoms with Gasteiger partial charge in [-0.25, -0.2) is 4.39 Å². The molecule has 0 fully saturated rings. The maximum absolute atomic E-state index is 13.3. The molecular weight excluding hydrogens is 286 g/mol. The lowest BCUT2D eigenvalue weighted by molar-refractivity contribution is -0.142. The van der Waals surface area contributed by atoms with E-state index in [1.807, 2.05) is 0 Å². The topological polar surface area (TPSA) is 26.3 Å². The molecule has 0 aromatic heterocycles. The molecule has 0 aliphatic rings. The first kappa shape index (κ1) is 12.5. The van der Waals surface area contributed by atoms with Crippen LogP contribution >= 0.6 is 27.5 Å². The van der Waals surface area contributed by atoms with Crippen molar-refractivity contribution in [3.63, 3.8) is 0 Å². The van der Waals surface area contributed by atoms with Crippen LogP contribution in [0.4, 0.5) is 4.39 Å². The molecule has 0 heterocycles. The molecule has 0 unspecified atom stereocenters. The van der Waals surface area contributed by atoms with Gasteiger partial charge in [0.1, 0.15) is 5.82 Å². The Morgan fingerprint density at radius 1 is 1.60 bits per heavy atom. The van der Waals surface area contributed by atoms with Gasteiger partial charge in [0.25, 0.3) is 0 Å². The fourth-order valence-corrected chi connectivity index (χ4v) is 1.68. The Balaban J connectivity index is 2.93. The van der Waals surface area contributed by atoms with E-state index in [4.69, 9.17) is 16.3 Å². The van der Waals surface area contributed by atoms with E-state index in [1.54, 1.807) is 6.92 Å². The lowest BCUT2D eigenvalue weighted by Gasteiger charge is -2.06. The molecule has 0 amide bonds. The summed E-state index contributed by atoms with van der Waals surface area (Å²) in [7, 11) is 0. The van der Waals surface area contributed by atoms with E-state index < -0.39 is 11.8 Å². The maximum Gasteiger partial charge on any atom is 0.310 e. The molecule has 1 rings (SSSR count). The van der Waals surface area contributed by atoms with Gasteiger partial charge < -0.3 is 4.74 Å². The zero-order valence-corrected chi connectivity index (χ0v) is 10.4. The van der Waals surface area contributed by atoms with E-state index in [2.05, 4.69) is 15.9 Å². The van der Waals surface area contributed by atoms with Gasteiger partial charge in [0.15, 0.2) is 0 Å². The van der Waals surface area contributed by atoms with Crippen LogP contribution in [0, 0.1) is 5.82 Å². The molecule has 0 spiro atoms. The zero-order valence-electron chi connectivity index (χ0n) is 8.02. The number of carbonyl (C=O) groups excluding carboxylic acids is 1. The third kappa shape index (κ3) is 3.18. The quantitative estimate of drug-likeness (QED) is 0.631. The van der Waals surface area contributed by atoms with Crippen LogP contribution in [0.25, 0.3) is 0 Å². The van der Waals surface area contributed by atoms with E-state index in [-0.39, 0.29) is 23.6 Å². The van der Waals surface area contributed by atoms with Gasteiger partial charge in [0.05, 0.1) is 18.1 Å². The number of esters is 1. The largest absolute Gasteiger partial charge is 0.466 e. The van der Waals surface area contributed by atoms with E-state index in [9.17, 15) is 9.18 Å². The molecule has 0 radical (unpaired) electrons. The minimum absolute atomic E-state index is 0.155. The zero-order chi connectivity index (χ0) is 11.4. The maximum atomic E-state index is 13.3. The molecule has 2 nitrogen and oxygen atoms in total. The minimum atomic E-state index is -0.503. The Labute approximate surface area is 101 Å². The van der Waals surface area contributed by atoms with E-state index in [0.29, 0.717) is 4.47 Å². The first-order valence-electron chi connectivity index (χ1n) is 4.34. The Bertz CT molecular complexity index is 382. The highest BCUT2D eigenvalue weighted by Crippen LogP contribution is 2.28. The summed E-state index contributed by atoms with van der Waals surface area (Å²) in [5.41, 5.74) is 0.157. The molecule has 1 aromatic carbocycles. The van der Waals surface area contributed by atoms with Gasteiger partial charge in [-0.15, -0.1) is 0 Å². The summed E-state index contributed by atoms with van der Waals surface area (Å²) >= 11 is 9.01. The van der Waals surface area contributed by atoms with Crippen molar-refractivity contribution in [2.24, 2.45) is 0 Å². The van der Waals surface area contributed by atoms with Gasteiger partial charge in [0, 0.05) is 10.0 Å². The smallest absolute Gasteiger partial charge is 0.310 e. The first-order chi connectivity index (χ1) is 7.06. The Hall–Kier alpha value is -0.610. The fraction of sp³-hybridized carbons (Fsp3) is 0.300. The van der Waals surface area contributed by atoms with Crippen molar-refractivity contribution in [3.05, 3.63) is 33.0 Å². The highest BCUT2D eigenvalue weighted by atomic mass is 79.9. The number of ether oxygens (including phenoxy) is 1. The van der Waals surface area contributed by atoms with E-state index >= 15 is 0 Å². The molecule has 5 heteroatoms. The van der Waals surface area contributed by atoms with Crippen LogP contribution in [0.2, 0.25) is 5.02 Å². The van der Waals surface area contributed by atoms with Crippen LogP contribution in [0.15, 0.2) is 16.6 Å². The Morgan fingerprint density at radius 2 is 2.27 bits per heavy atom. The molecule has 82 valence electrons. The number of benzene rings is 1. The van der Waals surface area contributed by atoms with Crippen LogP contribution in [0.3, 0.4) is 0 Å². The number of halogens is 3. The first-order valence-corrected chi connectivity index (χ1v) is 5.51. The number of hydrogen-bond acceptors (Lipinski definition) is 2. The lowest BCUT2D eigenvalue weighted by Crippen LogP contribution is -2.09. The molecule has 0 saturated carbocycles. The van der Waals surface area contributed by atoms with Crippen LogP contribution in [0.1, 0.15) is 12.5 Å². The third-order valence-corrected chi connectivity index (χ3v) is 3.09. The molecule has 1 aromatic rings. The molecular formula is C10H9BrClFO2. The van der Waals surface area contributed by atoms with Gasteiger partial charge in [-0.3, -0.25) is 4.79 Å². The van der Waals surface area contributed by atoms with Crippen LogP contribution in [0.5, 0.6) is 0 Å². The normalized spacial score (nSPS) is 10.1. The minimum Gasteiger partial charge on any atom is -0.466 e. The number of rotatable bonds is 3. The highest BCUT2D eigenvalue weighted by molar-refractivity contribution is 9.10. The molecule has 0 saturated heterocycles. The standard InChI is InChI=1S/C10H9BrClFO2/c1-2-15-9(14)5-6-8(13)4-3-7(11)10(6)12/h3-4H,2,5H2,1H3. The summed E-state index contributed by atoms with van der Waals surface area (Å²) in [6, 6.07) is 2.75. The van der Waals surface area contributed by atoms with Crippen molar-refractivity contribution < 1.29 is 13.9 Å². The van der Waals surface area contributed by atoms with Crippen molar-refractivity contribution in [1.29, 1.82) is 0 Å². The van der Waals surface area contributed by atoms with Crippen molar-refractivity contribution >= 4 is 33.5 Å². The summed E-state index contributed by atoms with van der Waals surface area (Å²) in [4.78, 5) is 11.2. The molecule has 0 bridgehead atoms. The van der Waals surface area contributed by atoms with Crippen LogP contribution < -0.4 is 0 Å². The lowest BCUT2D eigenvalue weighted by atomic mass is 10.1. The summed E-state index contributed by atoms with van der Waals surface area (Å²) < 4.78 is 18.6. The van der Waals surface area contributed by atoms with Crippen LogP contribution in [-0.2, 0) is 16.0 Å². The average Bonchev–Trinajstić information content (AvgIpc) is 2.19. The second kappa shape index (κ2) is 5.47. The van der Waals surface area contributed by atoms with Crippen molar-refractivity contribution in [3.8, 4) is 0 Å². The summed E-state index contributed by atoms with van der Waals surface area (Å²) in [6.45, 7) is 1.96. The highest BCUT2D eigenvalue weighted by Gasteiger charge is 2.14. The van der Waals surface area contributed by atoms with Gasteiger partial charge in [-0.05, 0) is 35.0 Å². The van der Waals surface area contributed by atoms with Crippen molar-refractivity contribution in [2.45, 2.75) is 13.3 Å². The monoisotopic (exact) mass is 294 g/mol. The number of carbonyl (C=O) groups is 1. The van der Waals surface area contributed by atoms with Crippen LogP contribution in [-0.4, -0.2) is 12.6 Å². The Morgan fingerprint density at radius 3 is 2.87 bits per heavy atom. The van der Waals surface area contributed by atoms with Crippen molar-refractivity contribution in [1.82, 2.24) is 0 Å². The summed E-state index contributed by atoms with van der Waals surface area (Å²) in [5.74, 6) is -0.993. The third-order valence-electron chi connectivity index (χ3n) is 1.77. The molecule has 0 N–H and O–H groups in total. The van der Waals surface area contributed by atoms with Gasteiger partial charge in [-0.2, -0.15) is 0 Å². The van der Waals surface area contributed by atoms with Gasteiger partial charge >= 0.3 is 5.97 Å². The Kier molecular flexibility index (Phi) is 4.54. The molecule has 15 heavy (non-hydrogen) atoms. The molecule has 0 aliphatic heterocycles. The predicted octanol–water partition coefficient (Wildman–Crippen LogP) is 3.35. The molecule has 0 atom stereocenters. The summed E-state index contributed by atoms with van der Waals surface area (Å²) in [5, 5.41) is 0.211. The van der Waals surface area contributed by atoms with Crippen molar-refractivity contribution in [2.75, 3.05) is 6.61 Å². The van der Waals surface area contributed by atoms with E-state index in [1.165, 1.54) is 12.1 Å². The second-order valence-corrected chi connectivity index (χ2v) is 4.04. The fourth-order valence-electron chi connectivity index (χ4n) is 1.09. The summed E-state index contributed by atoms with van der Waals surface area (Å²) in [6.07, 6.45) is -0.155. The van der Waals surface area contributed by atoms with E-state index in [0.717, 1.165) is 0 Å². The average molecular weight is 296 g/mol. The SMILES string of the molecule is CCOC(=O)Cc1c(F)ccc(Br)c1Cl. The predicted molar refractivity (Wildman–Crippen MR) is 59.4 cm³/mol. The van der Waals surface area contributed by atoms with Gasteiger partial charge in [-0.1, -0.05) is 11.6 Å². The van der Waals surface area contributed by atoms with Gasteiger partial charge in [0.2, 0.25) is 0 Å².